The number of phenolic OH excluding ortho intramolecular Hbond substituents is 1. The lowest BCUT2D eigenvalue weighted by Gasteiger charge is -2.15. The number of hydrogen-bond donors (Lipinski definition) is 2. The number of nitrogens with one attached hydrogen (secondary N) is 1. The highest BCUT2D eigenvalue weighted by molar-refractivity contribution is 5.80. The first-order valence-electron chi connectivity index (χ1n) is 7.71. The second-order valence-corrected chi connectivity index (χ2v) is 5.87. The predicted molar refractivity (Wildman–Crippen MR) is 87.7 cm³/mol. The molecule has 0 atom stereocenters. The van der Waals surface area contributed by atoms with E-state index in [2.05, 4.69) is 35.7 Å². The molecule has 2 aromatic carbocycles. The third-order valence-corrected chi connectivity index (χ3v) is 4.53. The van der Waals surface area contributed by atoms with E-state index < -0.39 is 0 Å². The first kappa shape index (κ1) is 12.5. The van der Waals surface area contributed by atoms with Crippen molar-refractivity contribution in [1.29, 1.82) is 0 Å². The van der Waals surface area contributed by atoms with Crippen LogP contribution >= 0.6 is 0 Å². The summed E-state index contributed by atoms with van der Waals surface area (Å²) in [5.41, 5.74) is 7.29. The zero-order valence-electron chi connectivity index (χ0n) is 12.0. The van der Waals surface area contributed by atoms with Gasteiger partial charge in [0.1, 0.15) is 5.75 Å². The van der Waals surface area contributed by atoms with Gasteiger partial charge in [-0.05, 0) is 66.1 Å². The number of allylic oxidation sites excluding steroid dienone is 1. The Morgan fingerprint density at radius 3 is 2.95 bits per heavy atom. The summed E-state index contributed by atoms with van der Waals surface area (Å²) in [4.78, 5) is 0. The Bertz CT molecular complexity index is 731. The highest BCUT2D eigenvalue weighted by atomic mass is 16.3. The van der Waals surface area contributed by atoms with Crippen LogP contribution < -0.4 is 5.32 Å². The van der Waals surface area contributed by atoms with Crippen LogP contribution in [0.15, 0.2) is 36.4 Å². The van der Waals surface area contributed by atoms with E-state index in [1.807, 2.05) is 12.1 Å². The third-order valence-electron chi connectivity index (χ3n) is 4.53. The summed E-state index contributed by atoms with van der Waals surface area (Å²) in [5.74, 6) is 0.398. The summed E-state index contributed by atoms with van der Waals surface area (Å²) in [7, 11) is 0. The van der Waals surface area contributed by atoms with E-state index >= 15 is 0 Å². The van der Waals surface area contributed by atoms with Crippen molar-refractivity contribution in [2.24, 2.45) is 0 Å². The maximum absolute atomic E-state index is 10.4. The van der Waals surface area contributed by atoms with Crippen molar-refractivity contribution in [2.75, 3.05) is 11.9 Å². The SMILES string of the molecule is Oc1ccc2c(c1-c1ccc3c(c1)CCN3)CCCC=C2. The van der Waals surface area contributed by atoms with Gasteiger partial charge in [0, 0.05) is 17.8 Å². The second-order valence-electron chi connectivity index (χ2n) is 5.87. The van der Waals surface area contributed by atoms with Gasteiger partial charge >= 0.3 is 0 Å². The van der Waals surface area contributed by atoms with Crippen LogP contribution in [0.25, 0.3) is 17.2 Å². The van der Waals surface area contributed by atoms with Crippen molar-refractivity contribution in [3.63, 3.8) is 0 Å². The third kappa shape index (κ3) is 2.11. The summed E-state index contributed by atoms with van der Waals surface area (Å²) in [5, 5.41) is 13.8. The van der Waals surface area contributed by atoms with E-state index in [1.54, 1.807) is 0 Å². The van der Waals surface area contributed by atoms with Crippen LogP contribution in [0.5, 0.6) is 5.75 Å². The van der Waals surface area contributed by atoms with Gasteiger partial charge in [0.25, 0.3) is 0 Å². The second kappa shape index (κ2) is 4.96. The van der Waals surface area contributed by atoms with Gasteiger partial charge in [0.2, 0.25) is 0 Å². The summed E-state index contributed by atoms with van der Waals surface area (Å²) >= 11 is 0. The van der Waals surface area contributed by atoms with E-state index in [4.69, 9.17) is 0 Å². The van der Waals surface area contributed by atoms with Crippen molar-refractivity contribution in [3.8, 4) is 16.9 Å². The molecule has 2 aromatic rings. The zero-order valence-corrected chi connectivity index (χ0v) is 12.0. The Labute approximate surface area is 125 Å². The minimum absolute atomic E-state index is 0.398. The molecule has 21 heavy (non-hydrogen) atoms. The van der Waals surface area contributed by atoms with E-state index in [0.29, 0.717) is 5.75 Å². The smallest absolute Gasteiger partial charge is 0.123 e. The van der Waals surface area contributed by atoms with E-state index in [9.17, 15) is 5.11 Å². The molecule has 2 aliphatic rings. The predicted octanol–water partition coefficient (Wildman–Crippen LogP) is 4.38. The number of fused-ring (bicyclic) bond motifs is 2. The lowest BCUT2D eigenvalue weighted by molar-refractivity contribution is 0.476. The molecule has 1 aliphatic carbocycles. The standard InChI is InChI=1S/C19H19NO/c21-18-9-7-13-4-2-1-3-5-16(13)19(18)15-6-8-17-14(12-15)10-11-20-17/h2,4,6-9,12,20-21H,1,3,5,10-11H2. The monoisotopic (exact) mass is 277 g/mol. The minimum atomic E-state index is 0.398. The number of hydrogen-bond acceptors (Lipinski definition) is 2. The molecule has 0 bridgehead atoms. The number of benzene rings is 2. The molecule has 106 valence electrons. The van der Waals surface area contributed by atoms with Crippen LogP contribution in [0.1, 0.15) is 29.5 Å². The number of aromatic hydroxyl groups is 1. The van der Waals surface area contributed by atoms with Gasteiger partial charge in [-0.3, -0.25) is 0 Å². The quantitative estimate of drug-likeness (QED) is 0.811. The van der Waals surface area contributed by atoms with Crippen molar-refractivity contribution < 1.29 is 5.11 Å². The normalized spacial score (nSPS) is 16.0. The van der Waals surface area contributed by atoms with Crippen LogP contribution in [0, 0.1) is 0 Å². The van der Waals surface area contributed by atoms with Crippen LogP contribution in [-0.2, 0) is 12.8 Å². The van der Waals surface area contributed by atoms with Crippen LogP contribution in [0.2, 0.25) is 0 Å². The van der Waals surface area contributed by atoms with E-state index in [0.717, 1.165) is 43.4 Å². The molecule has 2 heteroatoms. The summed E-state index contributed by atoms with van der Waals surface area (Å²) in [6.07, 6.45) is 8.79. The van der Waals surface area contributed by atoms with Gasteiger partial charge < -0.3 is 10.4 Å². The first-order valence-corrected chi connectivity index (χ1v) is 7.71. The van der Waals surface area contributed by atoms with Crippen molar-refractivity contribution >= 4 is 11.8 Å². The molecule has 1 heterocycles. The summed E-state index contributed by atoms with van der Waals surface area (Å²) < 4.78 is 0. The van der Waals surface area contributed by atoms with Crippen molar-refractivity contribution in [3.05, 3.63) is 53.1 Å². The van der Waals surface area contributed by atoms with Crippen LogP contribution in [0.4, 0.5) is 5.69 Å². The highest BCUT2D eigenvalue weighted by Crippen LogP contribution is 2.39. The zero-order chi connectivity index (χ0) is 14.2. The molecule has 4 rings (SSSR count). The van der Waals surface area contributed by atoms with Gasteiger partial charge in [0.05, 0.1) is 0 Å². The first-order chi connectivity index (χ1) is 10.3. The van der Waals surface area contributed by atoms with Crippen LogP contribution in [0.3, 0.4) is 0 Å². The molecule has 0 spiro atoms. The maximum Gasteiger partial charge on any atom is 0.123 e. The van der Waals surface area contributed by atoms with E-state index in [-0.39, 0.29) is 0 Å². The highest BCUT2D eigenvalue weighted by Gasteiger charge is 2.17. The topological polar surface area (TPSA) is 32.3 Å². The van der Waals surface area contributed by atoms with Crippen molar-refractivity contribution in [1.82, 2.24) is 0 Å². The largest absolute Gasteiger partial charge is 0.507 e. The molecule has 0 fully saturated rings. The Balaban J connectivity index is 1.90. The van der Waals surface area contributed by atoms with Gasteiger partial charge in [-0.2, -0.15) is 0 Å². The fraction of sp³-hybridized carbons (Fsp3) is 0.263. The average Bonchev–Trinajstić information content (AvgIpc) is 2.83. The molecule has 2 N–H and O–H groups in total. The number of phenols is 1. The molecule has 0 unspecified atom stereocenters. The fourth-order valence-electron chi connectivity index (χ4n) is 3.47. The Kier molecular flexibility index (Phi) is 2.95. The Morgan fingerprint density at radius 1 is 1.05 bits per heavy atom. The molecule has 0 amide bonds. The maximum atomic E-state index is 10.4. The number of anilines is 1. The molecular weight excluding hydrogens is 258 g/mol. The molecule has 2 nitrogen and oxygen atoms in total. The summed E-state index contributed by atoms with van der Waals surface area (Å²) in [6.45, 7) is 1.01. The Hall–Kier alpha value is -2.22. The lowest BCUT2D eigenvalue weighted by atomic mass is 9.91. The minimum Gasteiger partial charge on any atom is -0.507 e. The average molecular weight is 277 g/mol. The Morgan fingerprint density at radius 2 is 2.00 bits per heavy atom. The van der Waals surface area contributed by atoms with Gasteiger partial charge in [-0.15, -0.1) is 0 Å². The molecule has 1 aliphatic heterocycles. The summed E-state index contributed by atoms with van der Waals surface area (Å²) in [6, 6.07) is 10.4. The van der Waals surface area contributed by atoms with Gasteiger partial charge in [-0.1, -0.05) is 24.3 Å². The lowest BCUT2D eigenvalue weighted by Crippen LogP contribution is -1.94. The van der Waals surface area contributed by atoms with E-state index in [1.165, 1.54) is 22.4 Å². The van der Waals surface area contributed by atoms with Gasteiger partial charge in [0.15, 0.2) is 0 Å². The molecule has 0 radical (unpaired) electrons. The van der Waals surface area contributed by atoms with Crippen LogP contribution in [-0.4, -0.2) is 11.7 Å². The molecule has 0 saturated carbocycles. The molecule has 0 aromatic heterocycles. The van der Waals surface area contributed by atoms with Crippen molar-refractivity contribution in [2.45, 2.75) is 25.7 Å². The van der Waals surface area contributed by atoms with Gasteiger partial charge in [-0.25, -0.2) is 0 Å². The molecule has 0 saturated heterocycles. The number of rotatable bonds is 1. The molecular formula is C19H19NO. The fourth-order valence-corrected chi connectivity index (χ4v) is 3.47.